The fraction of sp³-hybridized carbons (Fsp3) is 0.286. The monoisotopic (exact) mass is 307 g/mol. The van der Waals surface area contributed by atoms with Gasteiger partial charge in [0.2, 0.25) is 0 Å². The highest BCUT2D eigenvalue weighted by molar-refractivity contribution is 7.90. The topological polar surface area (TPSA) is 81.1 Å². The average Bonchev–Trinajstić information content (AvgIpc) is 2.86. The van der Waals surface area contributed by atoms with Crippen LogP contribution in [0.2, 0.25) is 0 Å². The molecule has 0 saturated carbocycles. The summed E-state index contributed by atoms with van der Waals surface area (Å²) in [7, 11) is -3.26. The fourth-order valence-corrected chi connectivity index (χ4v) is 2.36. The number of nitrogens with zero attached hydrogens (tertiary/aromatic N) is 2. The lowest BCUT2D eigenvalue weighted by Crippen LogP contribution is -2.13. The number of anilines is 1. The van der Waals surface area contributed by atoms with Gasteiger partial charge in [-0.2, -0.15) is 5.10 Å². The van der Waals surface area contributed by atoms with Gasteiger partial charge < -0.3 is 5.32 Å². The Kier molecular flexibility index (Phi) is 4.13. The number of aromatic nitrogens is 2. The van der Waals surface area contributed by atoms with Crippen molar-refractivity contribution < 1.29 is 13.2 Å². The average molecular weight is 307 g/mol. The molecule has 0 aliphatic carbocycles. The molecule has 0 fully saturated rings. The van der Waals surface area contributed by atoms with Crippen molar-refractivity contribution in [3.8, 4) is 0 Å². The minimum absolute atomic E-state index is 0.183. The van der Waals surface area contributed by atoms with Crippen molar-refractivity contribution in [3.63, 3.8) is 0 Å². The summed E-state index contributed by atoms with van der Waals surface area (Å²) in [5.74, 6) is 0.130. The first-order valence-corrected chi connectivity index (χ1v) is 8.33. The molecule has 0 bridgehead atoms. The molecule has 2 rings (SSSR count). The molecule has 1 N–H and O–H groups in total. The lowest BCUT2D eigenvalue weighted by Gasteiger charge is -2.05. The molecule has 7 heteroatoms. The van der Waals surface area contributed by atoms with E-state index in [-0.39, 0.29) is 16.8 Å². The quantitative estimate of drug-likeness (QED) is 0.938. The SMILES string of the molecule is CC(C)n1ccc(NC(=O)c2ccc(S(C)(=O)=O)cc2)n1. The van der Waals surface area contributed by atoms with Gasteiger partial charge in [-0.05, 0) is 38.1 Å². The summed E-state index contributed by atoms with van der Waals surface area (Å²) in [6.07, 6.45) is 2.91. The zero-order valence-electron chi connectivity index (χ0n) is 12.1. The second-order valence-electron chi connectivity index (χ2n) is 5.03. The van der Waals surface area contributed by atoms with E-state index >= 15 is 0 Å². The predicted octanol–water partition coefficient (Wildman–Crippen LogP) is 2.12. The van der Waals surface area contributed by atoms with Crippen LogP contribution in [0.5, 0.6) is 0 Å². The van der Waals surface area contributed by atoms with E-state index < -0.39 is 9.84 Å². The Bertz CT molecular complexity index is 746. The molecular formula is C14H17N3O3S. The minimum Gasteiger partial charge on any atom is -0.305 e. The first-order valence-electron chi connectivity index (χ1n) is 6.44. The largest absolute Gasteiger partial charge is 0.305 e. The second-order valence-corrected chi connectivity index (χ2v) is 7.04. The third-order valence-electron chi connectivity index (χ3n) is 2.92. The van der Waals surface area contributed by atoms with E-state index in [1.54, 1.807) is 16.9 Å². The minimum atomic E-state index is -3.26. The summed E-state index contributed by atoms with van der Waals surface area (Å²) in [6.45, 7) is 3.98. The summed E-state index contributed by atoms with van der Waals surface area (Å²) >= 11 is 0. The molecule has 0 atom stereocenters. The van der Waals surface area contributed by atoms with E-state index in [0.29, 0.717) is 11.4 Å². The molecule has 0 unspecified atom stereocenters. The van der Waals surface area contributed by atoms with Gasteiger partial charge in [-0.1, -0.05) is 0 Å². The van der Waals surface area contributed by atoms with Crippen molar-refractivity contribution in [2.75, 3.05) is 11.6 Å². The third-order valence-corrected chi connectivity index (χ3v) is 4.05. The molecule has 1 heterocycles. The van der Waals surface area contributed by atoms with Crippen LogP contribution in [-0.4, -0.2) is 30.4 Å². The first kappa shape index (κ1) is 15.2. The zero-order chi connectivity index (χ0) is 15.6. The Labute approximate surface area is 123 Å². The lowest BCUT2D eigenvalue weighted by atomic mass is 10.2. The van der Waals surface area contributed by atoms with Gasteiger partial charge in [-0.25, -0.2) is 8.42 Å². The number of carbonyl (C=O) groups excluding carboxylic acids is 1. The summed E-state index contributed by atoms with van der Waals surface area (Å²) < 4.78 is 24.5. The van der Waals surface area contributed by atoms with Crippen LogP contribution in [-0.2, 0) is 9.84 Å². The Balaban J connectivity index is 2.13. The van der Waals surface area contributed by atoms with Crippen molar-refractivity contribution >= 4 is 21.6 Å². The van der Waals surface area contributed by atoms with Crippen LogP contribution in [0, 0.1) is 0 Å². The summed E-state index contributed by atoms with van der Waals surface area (Å²) in [6, 6.07) is 7.71. The Morgan fingerprint density at radius 1 is 1.19 bits per heavy atom. The summed E-state index contributed by atoms with van der Waals surface area (Å²) in [4.78, 5) is 12.2. The van der Waals surface area contributed by atoms with Gasteiger partial charge in [0.1, 0.15) is 0 Å². The highest BCUT2D eigenvalue weighted by Crippen LogP contribution is 2.13. The van der Waals surface area contributed by atoms with Gasteiger partial charge in [-0.3, -0.25) is 9.48 Å². The van der Waals surface area contributed by atoms with E-state index in [2.05, 4.69) is 10.4 Å². The lowest BCUT2D eigenvalue weighted by molar-refractivity contribution is 0.102. The molecule has 21 heavy (non-hydrogen) atoms. The number of amides is 1. The summed E-state index contributed by atoms with van der Waals surface area (Å²) in [5, 5.41) is 6.89. The van der Waals surface area contributed by atoms with Gasteiger partial charge in [-0.15, -0.1) is 0 Å². The van der Waals surface area contributed by atoms with Crippen LogP contribution >= 0.6 is 0 Å². The normalized spacial score (nSPS) is 11.6. The molecule has 0 aliphatic rings. The number of carbonyl (C=O) groups is 1. The maximum atomic E-state index is 12.0. The summed E-state index contributed by atoms with van der Waals surface area (Å²) in [5.41, 5.74) is 0.376. The van der Waals surface area contributed by atoms with Crippen molar-refractivity contribution in [1.29, 1.82) is 0 Å². The highest BCUT2D eigenvalue weighted by Gasteiger charge is 2.11. The Morgan fingerprint density at radius 2 is 1.81 bits per heavy atom. The Hall–Kier alpha value is -2.15. The van der Waals surface area contributed by atoms with E-state index in [1.165, 1.54) is 24.3 Å². The first-order chi connectivity index (χ1) is 9.77. The molecular weight excluding hydrogens is 290 g/mol. The molecule has 0 radical (unpaired) electrons. The number of nitrogens with one attached hydrogen (secondary N) is 1. The number of hydrogen-bond donors (Lipinski definition) is 1. The Morgan fingerprint density at radius 3 is 2.29 bits per heavy atom. The number of sulfone groups is 1. The van der Waals surface area contributed by atoms with Gasteiger partial charge in [0.05, 0.1) is 4.90 Å². The van der Waals surface area contributed by atoms with Gasteiger partial charge in [0.25, 0.3) is 5.91 Å². The molecule has 2 aromatic rings. The predicted molar refractivity (Wildman–Crippen MR) is 80.1 cm³/mol. The maximum Gasteiger partial charge on any atom is 0.256 e. The molecule has 0 saturated heterocycles. The molecule has 6 nitrogen and oxygen atoms in total. The molecule has 112 valence electrons. The highest BCUT2D eigenvalue weighted by atomic mass is 32.2. The van der Waals surface area contributed by atoms with Gasteiger partial charge in [0.15, 0.2) is 15.7 Å². The maximum absolute atomic E-state index is 12.0. The molecule has 0 spiro atoms. The van der Waals surface area contributed by atoms with Crippen molar-refractivity contribution in [2.45, 2.75) is 24.8 Å². The standard InChI is InChI=1S/C14H17N3O3S/c1-10(2)17-9-8-13(16-17)15-14(18)11-4-6-12(7-5-11)21(3,19)20/h4-10H,1-3H3,(H,15,16,18). The smallest absolute Gasteiger partial charge is 0.256 e. The van der Waals surface area contributed by atoms with Crippen LogP contribution in [0.4, 0.5) is 5.82 Å². The van der Waals surface area contributed by atoms with Crippen molar-refractivity contribution in [1.82, 2.24) is 9.78 Å². The molecule has 1 amide bonds. The van der Waals surface area contributed by atoms with Crippen molar-refractivity contribution in [2.24, 2.45) is 0 Å². The van der Waals surface area contributed by atoms with Gasteiger partial charge in [0, 0.05) is 30.1 Å². The van der Waals surface area contributed by atoms with Crippen LogP contribution in [0.3, 0.4) is 0 Å². The fourth-order valence-electron chi connectivity index (χ4n) is 1.73. The van der Waals surface area contributed by atoms with Crippen LogP contribution in [0.25, 0.3) is 0 Å². The number of hydrogen-bond acceptors (Lipinski definition) is 4. The second kappa shape index (κ2) is 5.69. The van der Waals surface area contributed by atoms with E-state index in [9.17, 15) is 13.2 Å². The van der Waals surface area contributed by atoms with Crippen molar-refractivity contribution in [3.05, 3.63) is 42.1 Å². The number of benzene rings is 1. The third kappa shape index (κ3) is 3.69. The van der Waals surface area contributed by atoms with Crippen LogP contribution in [0.15, 0.2) is 41.4 Å². The van der Waals surface area contributed by atoms with Crippen LogP contribution < -0.4 is 5.32 Å². The van der Waals surface area contributed by atoms with Gasteiger partial charge >= 0.3 is 0 Å². The molecule has 1 aromatic carbocycles. The molecule has 0 aliphatic heterocycles. The van der Waals surface area contributed by atoms with E-state index in [1.807, 2.05) is 13.8 Å². The molecule has 1 aromatic heterocycles. The number of rotatable bonds is 4. The van der Waals surface area contributed by atoms with E-state index in [0.717, 1.165) is 6.26 Å². The van der Waals surface area contributed by atoms with Crippen LogP contribution in [0.1, 0.15) is 30.2 Å². The zero-order valence-corrected chi connectivity index (χ0v) is 12.9. The van der Waals surface area contributed by atoms with E-state index in [4.69, 9.17) is 0 Å².